The Bertz CT molecular complexity index is 1250. The third-order valence-corrected chi connectivity index (χ3v) is 5.86. The summed E-state index contributed by atoms with van der Waals surface area (Å²) in [6.45, 7) is 4.73. The molecule has 0 atom stereocenters. The summed E-state index contributed by atoms with van der Waals surface area (Å²) >= 11 is 8.27. The number of hydrogen-bond donors (Lipinski definition) is 0. The molecule has 0 unspecified atom stereocenters. The van der Waals surface area contributed by atoms with Crippen LogP contribution < -0.4 is 9.47 Å². The summed E-state index contributed by atoms with van der Waals surface area (Å²) < 4.78 is 18.1. The Labute approximate surface area is 211 Å². The highest BCUT2D eigenvalue weighted by Gasteiger charge is 2.24. The standard InChI is InChI=1S/C26H21ClINO4/c1-3-31-23-14-18(12-21(28)24(23)32-15-17-5-4-6-20(27)11-17)13-22-26(30)33-25(29-22)19-9-7-16(2)8-10-19/h4-14H,3,15H2,1-2H3/b22-13-. The molecule has 0 aliphatic carbocycles. The van der Waals surface area contributed by atoms with E-state index in [0.29, 0.717) is 35.6 Å². The van der Waals surface area contributed by atoms with Crippen LogP contribution in [0.4, 0.5) is 0 Å². The first kappa shape index (κ1) is 23.3. The van der Waals surface area contributed by atoms with E-state index in [2.05, 4.69) is 27.6 Å². The molecular weight excluding hydrogens is 553 g/mol. The van der Waals surface area contributed by atoms with Crippen LogP contribution in [-0.4, -0.2) is 18.5 Å². The number of aryl methyl sites for hydroxylation is 1. The van der Waals surface area contributed by atoms with Crippen molar-refractivity contribution in [1.82, 2.24) is 0 Å². The van der Waals surface area contributed by atoms with Crippen LogP contribution in [0.1, 0.15) is 29.2 Å². The molecule has 7 heteroatoms. The van der Waals surface area contributed by atoms with Gasteiger partial charge in [-0.25, -0.2) is 9.79 Å². The normalized spacial score (nSPS) is 14.2. The van der Waals surface area contributed by atoms with Crippen molar-refractivity contribution in [3.63, 3.8) is 0 Å². The van der Waals surface area contributed by atoms with Crippen molar-refractivity contribution in [2.75, 3.05) is 6.61 Å². The smallest absolute Gasteiger partial charge is 0.363 e. The highest BCUT2D eigenvalue weighted by atomic mass is 127. The number of rotatable bonds is 7. The summed E-state index contributed by atoms with van der Waals surface area (Å²) in [5.41, 5.74) is 3.83. The minimum atomic E-state index is -0.486. The second-order valence-corrected chi connectivity index (χ2v) is 8.98. The van der Waals surface area contributed by atoms with Gasteiger partial charge in [-0.1, -0.05) is 41.4 Å². The highest BCUT2D eigenvalue weighted by Crippen LogP contribution is 2.36. The number of hydrogen-bond acceptors (Lipinski definition) is 5. The summed E-state index contributed by atoms with van der Waals surface area (Å²) in [5.74, 6) is 1.04. The molecule has 0 fully saturated rings. The predicted molar refractivity (Wildman–Crippen MR) is 138 cm³/mol. The number of carbonyl (C=O) groups is 1. The minimum Gasteiger partial charge on any atom is -0.490 e. The maximum atomic E-state index is 12.4. The zero-order chi connectivity index (χ0) is 23.4. The van der Waals surface area contributed by atoms with Gasteiger partial charge in [-0.05, 0) is 90.0 Å². The van der Waals surface area contributed by atoms with E-state index in [1.165, 1.54) is 0 Å². The lowest BCUT2D eigenvalue weighted by Gasteiger charge is -2.15. The Morgan fingerprint density at radius 3 is 2.61 bits per heavy atom. The van der Waals surface area contributed by atoms with Gasteiger partial charge >= 0.3 is 5.97 Å². The summed E-state index contributed by atoms with van der Waals surface area (Å²) in [6.07, 6.45) is 1.69. The van der Waals surface area contributed by atoms with Gasteiger partial charge in [0, 0.05) is 10.6 Å². The summed E-state index contributed by atoms with van der Waals surface area (Å²) in [4.78, 5) is 16.8. The molecule has 0 bridgehead atoms. The number of benzene rings is 3. The number of carbonyl (C=O) groups excluding carboxylic acids is 1. The maximum Gasteiger partial charge on any atom is 0.363 e. The zero-order valence-corrected chi connectivity index (χ0v) is 21.0. The SMILES string of the molecule is CCOc1cc(/C=C2\N=C(c3ccc(C)cc3)OC2=O)cc(I)c1OCc1cccc(Cl)c1. The number of ether oxygens (including phenoxy) is 3. The Morgan fingerprint density at radius 1 is 1.09 bits per heavy atom. The summed E-state index contributed by atoms with van der Waals surface area (Å²) in [7, 11) is 0. The van der Waals surface area contributed by atoms with E-state index >= 15 is 0 Å². The van der Waals surface area contributed by atoms with E-state index in [4.69, 9.17) is 25.8 Å². The average Bonchev–Trinajstić information content (AvgIpc) is 3.14. The molecule has 5 nitrogen and oxygen atoms in total. The average molecular weight is 574 g/mol. The molecule has 0 aromatic heterocycles. The quantitative estimate of drug-likeness (QED) is 0.182. The van der Waals surface area contributed by atoms with Gasteiger partial charge in [-0.15, -0.1) is 0 Å². The second kappa shape index (κ2) is 10.4. The number of nitrogens with zero attached hydrogens (tertiary/aromatic N) is 1. The molecule has 33 heavy (non-hydrogen) atoms. The minimum absolute atomic E-state index is 0.233. The fraction of sp³-hybridized carbons (Fsp3) is 0.154. The molecule has 0 saturated carbocycles. The third-order valence-electron chi connectivity index (χ3n) is 4.83. The Kier molecular flexibility index (Phi) is 7.35. The van der Waals surface area contributed by atoms with E-state index in [9.17, 15) is 4.79 Å². The van der Waals surface area contributed by atoms with Gasteiger partial charge < -0.3 is 14.2 Å². The van der Waals surface area contributed by atoms with Crippen LogP contribution >= 0.6 is 34.2 Å². The molecule has 0 radical (unpaired) electrons. The van der Waals surface area contributed by atoms with E-state index in [0.717, 1.165) is 25.8 Å². The molecular formula is C26H21ClINO4. The lowest BCUT2D eigenvalue weighted by Crippen LogP contribution is -2.05. The lowest BCUT2D eigenvalue weighted by molar-refractivity contribution is -0.129. The molecule has 0 amide bonds. The van der Waals surface area contributed by atoms with Crippen molar-refractivity contribution < 1.29 is 19.0 Å². The van der Waals surface area contributed by atoms with Crippen molar-refractivity contribution in [3.8, 4) is 11.5 Å². The summed E-state index contributed by atoms with van der Waals surface area (Å²) in [6, 6.07) is 18.9. The van der Waals surface area contributed by atoms with Crippen LogP contribution in [0.25, 0.3) is 6.08 Å². The number of halogens is 2. The molecule has 168 valence electrons. The van der Waals surface area contributed by atoms with E-state index in [-0.39, 0.29) is 5.70 Å². The van der Waals surface area contributed by atoms with Gasteiger partial charge in [-0.3, -0.25) is 0 Å². The van der Waals surface area contributed by atoms with Gasteiger partial charge in [0.1, 0.15) is 6.61 Å². The fourth-order valence-corrected chi connectivity index (χ4v) is 4.24. The lowest BCUT2D eigenvalue weighted by atomic mass is 10.1. The zero-order valence-electron chi connectivity index (χ0n) is 18.1. The van der Waals surface area contributed by atoms with Crippen molar-refractivity contribution in [2.24, 2.45) is 4.99 Å². The topological polar surface area (TPSA) is 57.1 Å². The molecule has 0 spiro atoms. The van der Waals surface area contributed by atoms with Crippen LogP contribution in [0.3, 0.4) is 0 Å². The molecule has 3 aromatic carbocycles. The van der Waals surface area contributed by atoms with Crippen LogP contribution in [0.15, 0.2) is 71.4 Å². The van der Waals surface area contributed by atoms with Gasteiger partial charge in [0.2, 0.25) is 5.90 Å². The van der Waals surface area contributed by atoms with Crippen molar-refractivity contribution in [3.05, 3.63) is 97.2 Å². The van der Waals surface area contributed by atoms with Gasteiger partial charge in [0.25, 0.3) is 0 Å². The third kappa shape index (κ3) is 5.75. The first-order valence-corrected chi connectivity index (χ1v) is 11.8. The van der Waals surface area contributed by atoms with Crippen LogP contribution in [0.5, 0.6) is 11.5 Å². The van der Waals surface area contributed by atoms with Crippen LogP contribution in [0.2, 0.25) is 5.02 Å². The molecule has 4 rings (SSSR count). The van der Waals surface area contributed by atoms with Crippen molar-refractivity contribution in [1.29, 1.82) is 0 Å². The second-order valence-electron chi connectivity index (χ2n) is 7.38. The monoisotopic (exact) mass is 573 g/mol. The largest absolute Gasteiger partial charge is 0.490 e. The molecule has 1 aliphatic heterocycles. The maximum absolute atomic E-state index is 12.4. The van der Waals surface area contributed by atoms with E-state index < -0.39 is 5.97 Å². The van der Waals surface area contributed by atoms with Gasteiger partial charge in [-0.2, -0.15) is 0 Å². The fourth-order valence-electron chi connectivity index (χ4n) is 3.24. The first-order chi connectivity index (χ1) is 15.9. The Morgan fingerprint density at radius 2 is 1.88 bits per heavy atom. The summed E-state index contributed by atoms with van der Waals surface area (Å²) in [5, 5.41) is 0.659. The molecule has 0 N–H and O–H groups in total. The highest BCUT2D eigenvalue weighted by molar-refractivity contribution is 14.1. The Hall–Kier alpha value is -2.84. The Balaban J connectivity index is 1.61. The number of cyclic esters (lactones) is 1. The first-order valence-electron chi connectivity index (χ1n) is 10.4. The van der Waals surface area contributed by atoms with Crippen LogP contribution in [0, 0.1) is 10.5 Å². The van der Waals surface area contributed by atoms with Crippen LogP contribution in [-0.2, 0) is 16.1 Å². The number of aliphatic imine (C=N–C) groups is 1. The van der Waals surface area contributed by atoms with Gasteiger partial charge in [0.15, 0.2) is 17.2 Å². The molecule has 3 aromatic rings. The molecule has 1 aliphatic rings. The van der Waals surface area contributed by atoms with Crippen molar-refractivity contribution >= 4 is 52.1 Å². The van der Waals surface area contributed by atoms with Gasteiger partial charge in [0.05, 0.1) is 10.2 Å². The van der Waals surface area contributed by atoms with E-state index in [1.54, 1.807) is 6.08 Å². The van der Waals surface area contributed by atoms with E-state index in [1.807, 2.05) is 74.5 Å². The molecule has 0 saturated heterocycles. The van der Waals surface area contributed by atoms with Crippen molar-refractivity contribution in [2.45, 2.75) is 20.5 Å². The number of esters is 1. The molecule has 1 heterocycles. The predicted octanol–water partition coefficient (Wildman–Crippen LogP) is 6.58.